The number of carbonyl (C=O) groups is 1. The first-order valence-electron chi connectivity index (χ1n) is 9.71. The number of anilines is 2. The maximum atomic E-state index is 12.7. The van der Waals surface area contributed by atoms with Gasteiger partial charge in [0.25, 0.3) is 0 Å². The number of piperazine rings is 1. The fourth-order valence-electron chi connectivity index (χ4n) is 3.70. The zero-order chi connectivity index (χ0) is 19.3. The molecule has 3 aromatic carbocycles. The van der Waals surface area contributed by atoms with Crippen molar-refractivity contribution in [1.29, 1.82) is 0 Å². The number of nitrogens with two attached hydrogens (primary N) is 1. The summed E-state index contributed by atoms with van der Waals surface area (Å²) in [6, 6.07) is 25.7. The third-order valence-electron chi connectivity index (χ3n) is 5.30. The summed E-state index contributed by atoms with van der Waals surface area (Å²) in [5, 5.41) is 0. The first-order chi connectivity index (χ1) is 13.7. The van der Waals surface area contributed by atoms with Crippen molar-refractivity contribution >= 4 is 17.2 Å². The van der Waals surface area contributed by atoms with Gasteiger partial charge in [0.2, 0.25) is 0 Å². The monoisotopic (exact) mass is 371 g/mol. The van der Waals surface area contributed by atoms with Gasteiger partial charge >= 0.3 is 0 Å². The zero-order valence-electron chi connectivity index (χ0n) is 15.9. The minimum absolute atomic E-state index is 0.0302. The second-order valence-electron chi connectivity index (χ2n) is 7.22. The summed E-state index contributed by atoms with van der Waals surface area (Å²) in [6.07, 6.45) is 0. The summed E-state index contributed by atoms with van der Waals surface area (Å²) in [7, 11) is 0. The molecular formula is C24H25N3O. The van der Waals surface area contributed by atoms with Crippen LogP contribution >= 0.6 is 0 Å². The topological polar surface area (TPSA) is 49.6 Å². The number of rotatable bonds is 5. The first-order valence-corrected chi connectivity index (χ1v) is 9.71. The minimum Gasteiger partial charge on any atom is -0.398 e. The van der Waals surface area contributed by atoms with Crippen molar-refractivity contribution in [2.45, 2.75) is 6.54 Å². The Labute approximate surface area is 166 Å². The summed E-state index contributed by atoms with van der Waals surface area (Å²) in [6.45, 7) is 4.93. The van der Waals surface area contributed by atoms with E-state index in [0.29, 0.717) is 16.8 Å². The Balaban J connectivity index is 1.40. The normalized spacial score (nSPS) is 14.8. The molecule has 2 N–H and O–H groups in total. The van der Waals surface area contributed by atoms with Crippen LogP contribution in [0.4, 0.5) is 11.4 Å². The predicted octanol–water partition coefficient (Wildman–Crippen LogP) is 3.82. The van der Waals surface area contributed by atoms with E-state index >= 15 is 0 Å². The molecule has 0 radical (unpaired) electrons. The molecule has 0 atom stereocenters. The molecule has 0 unspecified atom stereocenters. The van der Waals surface area contributed by atoms with Crippen LogP contribution in [-0.2, 0) is 6.54 Å². The molecule has 3 aromatic rings. The lowest BCUT2D eigenvalue weighted by Crippen LogP contribution is -2.46. The highest BCUT2D eigenvalue weighted by Gasteiger charge is 2.19. The SMILES string of the molecule is Nc1cc(N2CCN(Cc3ccccc3)CC2)ccc1C(=O)c1ccccc1. The van der Waals surface area contributed by atoms with E-state index in [1.165, 1.54) is 5.56 Å². The van der Waals surface area contributed by atoms with E-state index in [-0.39, 0.29) is 5.78 Å². The predicted molar refractivity (Wildman–Crippen MR) is 115 cm³/mol. The molecule has 0 aliphatic carbocycles. The van der Waals surface area contributed by atoms with Gasteiger partial charge in [0.05, 0.1) is 0 Å². The highest BCUT2D eigenvalue weighted by atomic mass is 16.1. The molecule has 1 saturated heterocycles. The Morgan fingerprint density at radius 2 is 1.46 bits per heavy atom. The maximum absolute atomic E-state index is 12.7. The van der Waals surface area contributed by atoms with Crippen LogP contribution in [0.3, 0.4) is 0 Å². The molecule has 0 spiro atoms. The van der Waals surface area contributed by atoms with Gasteiger partial charge in [0, 0.05) is 55.2 Å². The number of hydrogen-bond donors (Lipinski definition) is 1. The summed E-state index contributed by atoms with van der Waals surface area (Å²) in [5.41, 5.74) is 10.4. The van der Waals surface area contributed by atoms with Crippen LogP contribution in [0, 0.1) is 0 Å². The van der Waals surface area contributed by atoms with Crippen LogP contribution in [0.2, 0.25) is 0 Å². The first kappa shape index (κ1) is 18.3. The fourth-order valence-corrected chi connectivity index (χ4v) is 3.70. The van der Waals surface area contributed by atoms with E-state index in [9.17, 15) is 4.79 Å². The lowest BCUT2D eigenvalue weighted by atomic mass is 10.0. The highest BCUT2D eigenvalue weighted by Crippen LogP contribution is 2.25. The molecule has 0 amide bonds. The number of benzene rings is 3. The van der Waals surface area contributed by atoms with Crippen LogP contribution in [0.5, 0.6) is 0 Å². The molecule has 4 nitrogen and oxygen atoms in total. The Kier molecular flexibility index (Phi) is 5.40. The lowest BCUT2D eigenvalue weighted by molar-refractivity contribution is 0.103. The Hall–Kier alpha value is -3.11. The van der Waals surface area contributed by atoms with E-state index in [2.05, 4.69) is 40.1 Å². The smallest absolute Gasteiger partial charge is 0.195 e. The molecule has 28 heavy (non-hydrogen) atoms. The lowest BCUT2D eigenvalue weighted by Gasteiger charge is -2.36. The quantitative estimate of drug-likeness (QED) is 0.547. The van der Waals surface area contributed by atoms with Gasteiger partial charge in [0.15, 0.2) is 5.78 Å². The zero-order valence-corrected chi connectivity index (χ0v) is 15.9. The molecule has 1 fully saturated rings. The van der Waals surface area contributed by atoms with Crippen molar-refractivity contribution in [3.8, 4) is 0 Å². The summed E-state index contributed by atoms with van der Waals surface area (Å²) in [4.78, 5) is 17.5. The van der Waals surface area contributed by atoms with Crippen LogP contribution in [0.25, 0.3) is 0 Å². The number of carbonyl (C=O) groups excluding carboxylic acids is 1. The van der Waals surface area contributed by atoms with Gasteiger partial charge in [-0.3, -0.25) is 9.69 Å². The van der Waals surface area contributed by atoms with E-state index in [4.69, 9.17) is 5.73 Å². The maximum Gasteiger partial charge on any atom is 0.195 e. The van der Waals surface area contributed by atoms with E-state index < -0.39 is 0 Å². The molecular weight excluding hydrogens is 346 g/mol. The van der Waals surface area contributed by atoms with Crippen molar-refractivity contribution in [3.63, 3.8) is 0 Å². The van der Waals surface area contributed by atoms with Crippen LogP contribution < -0.4 is 10.6 Å². The Morgan fingerprint density at radius 3 is 2.11 bits per heavy atom. The molecule has 4 heteroatoms. The molecule has 0 saturated carbocycles. The largest absolute Gasteiger partial charge is 0.398 e. The second kappa shape index (κ2) is 8.28. The van der Waals surface area contributed by atoms with Crippen molar-refractivity contribution in [3.05, 3.63) is 95.6 Å². The Morgan fingerprint density at radius 1 is 0.821 bits per heavy atom. The third kappa shape index (κ3) is 4.07. The highest BCUT2D eigenvalue weighted by molar-refractivity contribution is 6.12. The molecule has 4 rings (SSSR count). The number of nitrogen functional groups attached to an aromatic ring is 1. The van der Waals surface area contributed by atoms with Gasteiger partial charge in [-0.05, 0) is 23.8 Å². The van der Waals surface area contributed by atoms with E-state index in [1.807, 2.05) is 48.5 Å². The minimum atomic E-state index is -0.0302. The molecule has 0 bridgehead atoms. The summed E-state index contributed by atoms with van der Waals surface area (Å²) >= 11 is 0. The van der Waals surface area contributed by atoms with Gasteiger partial charge in [-0.2, -0.15) is 0 Å². The molecule has 142 valence electrons. The molecule has 0 aromatic heterocycles. The summed E-state index contributed by atoms with van der Waals surface area (Å²) < 4.78 is 0. The van der Waals surface area contributed by atoms with Gasteiger partial charge in [-0.25, -0.2) is 0 Å². The number of hydrogen-bond acceptors (Lipinski definition) is 4. The van der Waals surface area contributed by atoms with Gasteiger partial charge in [0.1, 0.15) is 0 Å². The fraction of sp³-hybridized carbons (Fsp3) is 0.208. The van der Waals surface area contributed by atoms with Crippen molar-refractivity contribution in [1.82, 2.24) is 4.90 Å². The molecule has 1 aliphatic rings. The van der Waals surface area contributed by atoms with Crippen molar-refractivity contribution in [2.24, 2.45) is 0 Å². The number of ketones is 1. The van der Waals surface area contributed by atoms with Crippen molar-refractivity contribution in [2.75, 3.05) is 36.8 Å². The van der Waals surface area contributed by atoms with Gasteiger partial charge in [-0.1, -0.05) is 60.7 Å². The van der Waals surface area contributed by atoms with E-state index in [1.54, 1.807) is 0 Å². The third-order valence-corrected chi connectivity index (χ3v) is 5.30. The average molecular weight is 371 g/mol. The second-order valence-corrected chi connectivity index (χ2v) is 7.22. The van der Waals surface area contributed by atoms with Crippen molar-refractivity contribution < 1.29 is 4.79 Å². The standard InChI is InChI=1S/C24H25N3O/c25-23-17-21(11-12-22(23)24(28)20-9-5-2-6-10-20)27-15-13-26(14-16-27)18-19-7-3-1-4-8-19/h1-12,17H,13-16,18,25H2. The Bertz CT molecular complexity index is 933. The summed E-state index contributed by atoms with van der Waals surface area (Å²) in [5.74, 6) is -0.0302. The van der Waals surface area contributed by atoms with Gasteiger partial charge < -0.3 is 10.6 Å². The average Bonchev–Trinajstić information content (AvgIpc) is 2.75. The van der Waals surface area contributed by atoms with Gasteiger partial charge in [-0.15, -0.1) is 0 Å². The number of nitrogens with zero attached hydrogens (tertiary/aromatic N) is 2. The van der Waals surface area contributed by atoms with Crippen LogP contribution in [0.15, 0.2) is 78.9 Å². The molecule has 1 aliphatic heterocycles. The molecule has 1 heterocycles. The van der Waals surface area contributed by atoms with Crippen LogP contribution in [-0.4, -0.2) is 36.9 Å². The van der Waals surface area contributed by atoms with Crippen LogP contribution in [0.1, 0.15) is 21.5 Å². The van der Waals surface area contributed by atoms with E-state index in [0.717, 1.165) is 38.4 Å².